The van der Waals surface area contributed by atoms with Crippen molar-refractivity contribution in [3.8, 4) is 6.07 Å². The molecule has 1 amide bonds. The van der Waals surface area contributed by atoms with Crippen molar-refractivity contribution in [2.24, 2.45) is 0 Å². The van der Waals surface area contributed by atoms with Gasteiger partial charge in [-0.15, -0.1) is 11.8 Å². The molecule has 8 nitrogen and oxygen atoms in total. The number of benzene rings is 2. The minimum atomic E-state index is -0.548. The smallest absolute Gasteiger partial charge is 0.269 e. The van der Waals surface area contributed by atoms with Crippen molar-refractivity contribution < 1.29 is 14.1 Å². The number of rotatable bonds is 10. The summed E-state index contributed by atoms with van der Waals surface area (Å²) in [4.78, 5) is 23.4. The fraction of sp³-hybridized carbons (Fsp3) is 0.167. The Bertz CT molecular complexity index is 1180. The molecule has 0 radical (unpaired) electrons. The Morgan fingerprint density at radius 3 is 2.58 bits per heavy atom. The van der Waals surface area contributed by atoms with Crippen LogP contribution in [0.4, 0.5) is 11.4 Å². The summed E-state index contributed by atoms with van der Waals surface area (Å²) in [6.07, 6.45) is 2.40. The Morgan fingerprint density at radius 2 is 1.94 bits per heavy atom. The molecule has 0 atom stereocenters. The van der Waals surface area contributed by atoms with Crippen LogP contribution in [0.1, 0.15) is 23.8 Å². The van der Waals surface area contributed by atoms with E-state index in [1.165, 1.54) is 30.2 Å². The van der Waals surface area contributed by atoms with Gasteiger partial charge < -0.3 is 15.1 Å². The Morgan fingerprint density at radius 1 is 1.15 bits per heavy atom. The molecule has 168 valence electrons. The predicted molar refractivity (Wildman–Crippen MR) is 127 cm³/mol. The van der Waals surface area contributed by atoms with Gasteiger partial charge in [0.05, 0.1) is 22.8 Å². The van der Waals surface area contributed by atoms with Crippen molar-refractivity contribution >= 4 is 29.0 Å². The lowest BCUT2D eigenvalue weighted by molar-refractivity contribution is -0.384. The highest BCUT2D eigenvalue weighted by Gasteiger charge is 2.18. The molecule has 0 bridgehead atoms. The number of carbonyl (C=O) groups is 1. The molecule has 0 fully saturated rings. The first kappa shape index (κ1) is 23.6. The maximum atomic E-state index is 12.8. The SMILES string of the molecule is CCc1ccc(NC(SCc2cccc([N+](=O)[O-])c2)=C(C#N)C(=O)NCc2ccco2)cc1. The summed E-state index contributed by atoms with van der Waals surface area (Å²) in [6.45, 7) is 2.20. The molecule has 3 rings (SSSR count). The summed E-state index contributed by atoms with van der Waals surface area (Å²) in [6, 6.07) is 19.4. The number of aryl methyl sites for hydroxylation is 1. The van der Waals surface area contributed by atoms with Crippen LogP contribution in [0.25, 0.3) is 0 Å². The summed E-state index contributed by atoms with van der Waals surface area (Å²) < 4.78 is 5.22. The molecule has 1 heterocycles. The molecule has 1 aromatic heterocycles. The van der Waals surface area contributed by atoms with E-state index >= 15 is 0 Å². The zero-order chi connectivity index (χ0) is 23.6. The molecule has 2 aromatic carbocycles. The molecular formula is C24H22N4O4S. The van der Waals surface area contributed by atoms with Gasteiger partial charge in [-0.2, -0.15) is 5.26 Å². The second-order valence-electron chi connectivity index (χ2n) is 6.97. The summed E-state index contributed by atoms with van der Waals surface area (Å²) in [5, 5.41) is 27.0. The van der Waals surface area contributed by atoms with Crippen molar-refractivity contribution in [1.82, 2.24) is 5.32 Å². The number of nitrogens with one attached hydrogen (secondary N) is 2. The van der Waals surface area contributed by atoms with Crippen LogP contribution in [-0.2, 0) is 23.5 Å². The first-order chi connectivity index (χ1) is 16.0. The van der Waals surface area contributed by atoms with Crippen molar-refractivity contribution in [2.45, 2.75) is 25.6 Å². The third-order valence-electron chi connectivity index (χ3n) is 4.69. The zero-order valence-electron chi connectivity index (χ0n) is 17.9. The molecule has 9 heteroatoms. The molecule has 0 aliphatic rings. The van der Waals surface area contributed by atoms with Gasteiger partial charge in [0.1, 0.15) is 17.4 Å². The van der Waals surface area contributed by atoms with Gasteiger partial charge in [-0.3, -0.25) is 14.9 Å². The first-order valence-corrected chi connectivity index (χ1v) is 11.2. The third-order valence-corrected chi connectivity index (χ3v) is 5.77. The Labute approximate surface area is 195 Å². The quantitative estimate of drug-likeness (QED) is 0.185. The number of nitro groups is 1. The topological polar surface area (TPSA) is 121 Å². The van der Waals surface area contributed by atoms with Crippen LogP contribution in [0.2, 0.25) is 0 Å². The van der Waals surface area contributed by atoms with Crippen molar-refractivity contribution in [3.63, 3.8) is 0 Å². The maximum Gasteiger partial charge on any atom is 0.269 e. The van der Waals surface area contributed by atoms with Crippen LogP contribution in [0, 0.1) is 21.4 Å². The second kappa shape index (κ2) is 11.5. The van der Waals surface area contributed by atoms with E-state index in [1.807, 2.05) is 30.3 Å². The second-order valence-corrected chi connectivity index (χ2v) is 7.95. The van der Waals surface area contributed by atoms with E-state index in [-0.39, 0.29) is 17.8 Å². The number of carbonyl (C=O) groups excluding carboxylic acids is 1. The molecule has 0 saturated heterocycles. The average molecular weight is 463 g/mol. The van der Waals surface area contributed by atoms with Crippen molar-refractivity contribution in [2.75, 3.05) is 5.32 Å². The van der Waals surface area contributed by atoms with Crippen molar-refractivity contribution in [1.29, 1.82) is 5.26 Å². The lowest BCUT2D eigenvalue weighted by atomic mass is 10.1. The fourth-order valence-corrected chi connectivity index (χ4v) is 3.88. The number of nitriles is 1. The van der Waals surface area contributed by atoms with E-state index in [0.29, 0.717) is 22.1 Å². The minimum absolute atomic E-state index is 0.0153. The number of nitro benzene ring substituents is 1. The molecular weight excluding hydrogens is 440 g/mol. The van der Waals surface area contributed by atoms with Crippen LogP contribution in [-0.4, -0.2) is 10.8 Å². The Hall–Kier alpha value is -4.03. The first-order valence-electron chi connectivity index (χ1n) is 10.2. The molecule has 3 aromatic rings. The normalized spacial score (nSPS) is 11.3. The number of furan rings is 1. The number of hydrogen-bond acceptors (Lipinski definition) is 7. The van der Waals surface area contributed by atoms with Gasteiger partial charge in [0, 0.05) is 23.6 Å². The average Bonchev–Trinajstić information content (AvgIpc) is 3.36. The molecule has 0 aliphatic heterocycles. The molecule has 33 heavy (non-hydrogen) atoms. The molecule has 0 saturated carbocycles. The molecule has 0 spiro atoms. The van der Waals surface area contributed by atoms with Gasteiger partial charge in [0.25, 0.3) is 11.6 Å². The largest absolute Gasteiger partial charge is 0.467 e. The number of thioether (sulfide) groups is 1. The van der Waals surface area contributed by atoms with Gasteiger partial charge in [0.15, 0.2) is 0 Å². The Kier molecular flexibility index (Phi) is 8.27. The Balaban J connectivity index is 1.84. The molecule has 0 unspecified atom stereocenters. The third kappa shape index (κ3) is 6.72. The van der Waals surface area contributed by atoms with Gasteiger partial charge in [0.2, 0.25) is 0 Å². The van der Waals surface area contributed by atoms with E-state index in [4.69, 9.17) is 4.42 Å². The number of anilines is 1. The molecule has 0 aliphatic carbocycles. The predicted octanol–water partition coefficient (Wildman–Crippen LogP) is 5.15. The summed E-state index contributed by atoms with van der Waals surface area (Å²) >= 11 is 1.22. The van der Waals surface area contributed by atoms with Crippen LogP contribution < -0.4 is 10.6 Å². The van der Waals surface area contributed by atoms with Gasteiger partial charge in [-0.25, -0.2) is 0 Å². The highest BCUT2D eigenvalue weighted by Crippen LogP contribution is 2.28. The number of hydrogen-bond donors (Lipinski definition) is 2. The number of amides is 1. The van der Waals surface area contributed by atoms with Crippen LogP contribution in [0.5, 0.6) is 0 Å². The highest BCUT2D eigenvalue weighted by molar-refractivity contribution is 8.02. The maximum absolute atomic E-state index is 12.8. The summed E-state index contributed by atoms with van der Waals surface area (Å²) in [7, 11) is 0. The van der Waals surface area contributed by atoms with E-state index in [1.54, 1.807) is 24.3 Å². The van der Waals surface area contributed by atoms with E-state index < -0.39 is 10.8 Å². The zero-order valence-corrected chi connectivity index (χ0v) is 18.7. The van der Waals surface area contributed by atoms with Crippen LogP contribution in [0.15, 0.2) is 81.9 Å². The van der Waals surface area contributed by atoms with Gasteiger partial charge in [-0.1, -0.05) is 31.2 Å². The van der Waals surface area contributed by atoms with E-state index in [0.717, 1.165) is 17.7 Å². The highest BCUT2D eigenvalue weighted by atomic mass is 32.2. The van der Waals surface area contributed by atoms with E-state index in [9.17, 15) is 20.2 Å². The fourth-order valence-electron chi connectivity index (χ4n) is 2.91. The molecule has 2 N–H and O–H groups in total. The van der Waals surface area contributed by atoms with Gasteiger partial charge >= 0.3 is 0 Å². The summed E-state index contributed by atoms with van der Waals surface area (Å²) in [5.74, 6) is 0.343. The van der Waals surface area contributed by atoms with Crippen LogP contribution in [0.3, 0.4) is 0 Å². The monoisotopic (exact) mass is 462 g/mol. The van der Waals surface area contributed by atoms with E-state index in [2.05, 4.69) is 17.6 Å². The lowest BCUT2D eigenvalue weighted by Crippen LogP contribution is -2.25. The minimum Gasteiger partial charge on any atom is -0.467 e. The number of non-ortho nitro benzene ring substituents is 1. The number of nitrogens with zero attached hydrogens (tertiary/aromatic N) is 2. The van der Waals surface area contributed by atoms with Crippen LogP contribution >= 0.6 is 11.8 Å². The lowest BCUT2D eigenvalue weighted by Gasteiger charge is -2.14. The van der Waals surface area contributed by atoms with Crippen molar-refractivity contribution in [3.05, 3.63) is 105 Å². The standard InChI is InChI=1S/C24H22N4O4S/c1-2-17-8-10-19(11-9-17)27-24(33-16-18-5-3-6-20(13-18)28(30)31)22(14-25)23(29)26-15-21-7-4-12-32-21/h3-13,27H,2,15-16H2,1H3,(H,26,29). The summed E-state index contributed by atoms with van der Waals surface area (Å²) in [5.41, 5.74) is 2.48. The van der Waals surface area contributed by atoms with Gasteiger partial charge in [-0.05, 0) is 41.8 Å².